The molecule has 0 unspecified atom stereocenters. The molecule has 0 aliphatic heterocycles. The minimum atomic E-state index is -4.75. The standard InChI is InChI=1S/C20H13ClF3NO4/c21-13-8-9-15(14(11-13)20(22,23)24)25-18(26)17(12-5-2-1-3-6-12)29-19(27)16-7-4-10-28-16/h1-11,17H,(H,25,26)/t17-/m1/s1. The first-order chi connectivity index (χ1) is 13.8. The monoisotopic (exact) mass is 423 g/mol. The molecular weight excluding hydrogens is 411 g/mol. The van der Waals surface area contributed by atoms with Crippen LogP contribution in [0, 0.1) is 0 Å². The molecule has 0 spiro atoms. The number of alkyl halides is 3. The number of hydrogen-bond acceptors (Lipinski definition) is 4. The van der Waals surface area contributed by atoms with E-state index in [1.165, 1.54) is 36.6 Å². The third-order valence-electron chi connectivity index (χ3n) is 3.83. The van der Waals surface area contributed by atoms with Gasteiger partial charge >= 0.3 is 12.1 Å². The molecule has 0 aliphatic carbocycles. The van der Waals surface area contributed by atoms with Gasteiger partial charge in [0.1, 0.15) is 0 Å². The van der Waals surface area contributed by atoms with Crippen molar-refractivity contribution in [2.75, 3.05) is 5.32 Å². The summed E-state index contributed by atoms with van der Waals surface area (Å²) in [5.74, 6) is -2.06. The second kappa shape index (κ2) is 8.40. The fourth-order valence-corrected chi connectivity index (χ4v) is 2.69. The maximum absolute atomic E-state index is 13.3. The van der Waals surface area contributed by atoms with Gasteiger partial charge in [0.15, 0.2) is 0 Å². The van der Waals surface area contributed by atoms with E-state index in [4.69, 9.17) is 20.8 Å². The normalized spacial score (nSPS) is 12.3. The molecule has 1 atom stereocenters. The lowest BCUT2D eigenvalue weighted by molar-refractivity contribution is -0.137. The number of carbonyl (C=O) groups is 2. The fraction of sp³-hybridized carbons (Fsp3) is 0.100. The highest BCUT2D eigenvalue weighted by Gasteiger charge is 2.35. The van der Waals surface area contributed by atoms with Gasteiger partial charge in [-0.15, -0.1) is 0 Å². The Balaban J connectivity index is 1.91. The Morgan fingerprint density at radius 2 is 1.76 bits per heavy atom. The number of nitrogens with one attached hydrogen (secondary N) is 1. The van der Waals surface area contributed by atoms with E-state index in [9.17, 15) is 22.8 Å². The van der Waals surface area contributed by atoms with E-state index in [0.717, 1.165) is 6.07 Å². The van der Waals surface area contributed by atoms with Crippen molar-refractivity contribution < 1.29 is 31.9 Å². The predicted octanol–water partition coefficient (Wildman–Crippen LogP) is 5.49. The molecule has 1 amide bonds. The Morgan fingerprint density at radius 1 is 1.03 bits per heavy atom. The molecule has 3 aromatic rings. The lowest BCUT2D eigenvalue weighted by atomic mass is 10.1. The molecule has 0 fully saturated rings. The molecule has 0 bridgehead atoms. The number of rotatable bonds is 5. The zero-order valence-electron chi connectivity index (χ0n) is 14.6. The average Bonchev–Trinajstić information content (AvgIpc) is 3.22. The number of carbonyl (C=O) groups excluding carboxylic acids is 2. The number of anilines is 1. The summed E-state index contributed by atoms with van der Waals surface area (Å²) in [5.41, 5.74) is -1.36. The molecule has 0 radical (unpaired) electrons. The van der Waals surface area contributed by atoms with Crippen LogP contribution < -0.4 is 5.32 Å². The first kappa shape index (κ1) is 20.5. The van der Waals surface area contributed by atoms with Crippen molar-refractivity contribution in [3.05, 3.63) is 88.8 Å². The molecule has 1 aromatic heterocycles. The van der Waals surface area contributed by atoms with Crippen LogP contribution in [0.4, 0.5) is 18.9 Å². The summed E-state index contributed by atoms with van der Waals surface area (Å²) >= 11 is 5.65. The predicted molar refractivity (Wildman–Crippen MR) is 98.4 cm³/mol. The largest absolute Gasteiger partial charge is 0.457 e. The van der Waals surface area contributed by atoms with Crippen LogP contribution in [0.25, 0.3) is 0 Å². The smallest absolute Gasteiger partial charge is 0.418 e. The third-order valence-corrected chi connectivity index (χ3v) is 4.07. The number of furan rings is 1. The highest BCUT2D eigenvalue weighted by Crippen LogP contribution is 2.37. The Labute approximate surface area is 168 Å². The van der Waals surface area contributed by atoms with Crippen LogP contribution in [0.1, 0.15) is 27.8 Å². The average molecular weight is 424 g/mol. The van der Waals surface area contributed by atoms with Gasteiger partial charge in [-0.05, 0) is 30.3 Å². The molecule has 1 N–H and O–H groups in total. The minimum absolute atomic E-state index is 0.140. The number of amides is 1. The van der Waals surface area contributed by atoms with E-state index in [1.54, 1.807) is 18.2 Å². The molecule has 150 valence electrons. The van der Waals surface area contributed by atoms with Crippen LogP contribution in [-0.4, -0.2) is 11.9 Å². The van der Waals surface area contributed by atoms with Crippen LogP contribution in [0.15, 0.2) is 71.3 Å². The highest BCUT2D eigenvalue weighted by atomic mass is 35.5. The molecule has 29 heavy (non-hydrogen) atoms. The van der Waals surface area contributed by atoms with Crippen molar-refractivity contribution >= 4 is 29.2 Å². The van der Waals surface area contributed by atoms with Crippen LogP contribution in [0.2, 0.25) is 5.02 Å². The second-order valence-electron chi connectivity index (χ2n) is 5.85. The molecular formula is C20H13ClF3NO4. The van der Waals surface area contributed by atoms with E-state index in [-0.39, 0.29) is 16.3 Å². The Morgan fingerprint density at radius 3 is 2.38 bits per heavy atom. The van der Waals surface area contributed by atoms with Crippen LogP contribution >= 0.6 is 11.6 Å². The van der Waals surface area contributed by atoms with E-state index in [1.807, 2.05) is 0 Å². The van der Waals surface area contributed by atoms with Crippen LogP contribution in [0.3, 0.4) is 0 Å². The summed E-state index contributed by atoms with van der Waals surface area (Å²) in [5, 5.41) is 2.03. The van der Waals surface area contributed by atoms with Gasteiger partial charge in [-0.3, -0.25) is 4.79 Å². The first-order valence-electron chi connectivity index (χ1n) is 8.23. The lowest BCUT2D eigenvalue weighted by Gasteiger charge is -2.19. The van der Waals surface area contributed by atoms with Gasteiger partial charge < -0.3 is 14.5 Å². The number of hydrogen-bond donors (Lipinski definition) is 1. The molecule has 0 saturated carbocycles. The molecule has 0 aliphatic rings. The summed E-state index contributed by atoms with van der Waals surface area (Å²) in [6.07, 6.45) is -5.01. The van der Waals surface area contributed by atoms with Crippen molar-refractivity contribution in [2.24, 2.45) is 0 Å². The van der Waals surface area contributed by atoms with Gasteiger partial charge in [0.05, 0.1) is 17.5 Å². The van der Waals surface area contributed by atoms with Crippen molar-refractivity contribution in [1.29, 1.82) is 0 Å². The summed E-state index contributed by atoms with van der Waals surface area (Å²) in [7, 11) is 0. The topological polar surface area (TPSA) is 68.5 Å². The maximum atomic E-state index is 13.3. The van der Waals surface area contributed by atoms with Crippen molar-refractivity contribution in [1.82, 2.24) is 0 Å². The SMILES string of the molecule is O=C(O[C@@H](C(=O)Nc1ccc(Cl)cc1C(F)(F)F)c1ccccc1)c1ccco1. The molecule has 5 nitrogen and oxygen atoms in total. The summed E-state index contributed by atoms with van der Waals surface area (Å²) in [6.45, 7) is 0. The van der Waals surface area contributed by atoms with Gasteiger partial charge in [0, 0.05) is 10.6 Å². The number of esters is 1. The molecule has 0 saturated heterocycles. The van der Waals surface area contributed by atoms with E-state index < -0.39 is 35.4 Å². The number of benzene rings is 2. The molecule has 3 rings (SSSR count). The van der Waals surface area contributed by atoms with Crippen molar-refractivity contribution in [3.63, 3.8) is 0 Å². The van der Waals surface area contributed by atoms with Crippen molar-refractivity contribution in [3.8, 4) is 0 Å². The van der Waals surface area contributed by atoms with Gasteiger partial charge in [-0.2, -0.15) is 13.2 Å². The highest BCUT2D eigenvalue weighted by molar-refractivity contribution is 6.30. The quantitative estimate of drug-likeness (QED) is 0.551. The fourth-order valence-electron chi connectivity index (χ4n) is 2.52. The van der Waals surface area contributed by atoms with E-state index in [0.29, 0.717) is 6.07 Å². The number of ether oxygens (including phenoxy) is 1. The number of halogens is 4. The maximum Gasteiger partial charge on any atom is 0.418 e. The summed E-state index contributed by atoms with van der Waals surface area (Å²) in [6, 6.07) is 13.6. The van der Waals surface area contributed by atoms with Gasteiger partial charge in [0.25, 0.3) is 5.91 Å². The Bertz CT molecular complexity index is 1000. The second-order valence-corrected chi connectivity index (χ2v) is 6.29. The molecule has 2 aromatic carbocycles. The molecule has 9 heteroatoms. The Hall–Kier alpha value is -3.26. The van der Waals surface area contributed by atoms with E-state index >= 15 is 0 Å². The van der Waals surface area contributed by atoms with Crippen LogP contribution in [-0.2, 0) is 15.7 Å². The van der Waals surface area contributed by atoms with Gasteiger partial charge in [-0.25, -0.2) is 4.79 Å². The van der Waals surface area contributed by atoms with E-state index in [2.05, 4.69) is 5.32 Å². The van der Waals surface area contributed by atoms with Crippen molar-refractivity contribution in [2.45, 2.75) is 12.3 Å². The molecule has 1 heterocycles. The van der Waals surface area contributed by atoms with Gasteiger partial charge in [-0.1, -0.05) is 41.9 Å². The zero-order chi connectivity index (χ0) is 21.0. The summed E-state index contributed by atoms with van der Waals surface area (Å²) in [4.78, 5) is 25.0. The Kier molecular flexibility index (Phi) is 5.93. The van der Waals surface area contributed by atoms with Gasteiger partial charge in [0.2, 0.25) is 11.9 Å². The van der Waals surface area contributed by atoms with Crippen LogP contribution in [0.5, 0.6) is 0 Å². The summed E-state index contributed by atoms with van der Waals surface area (Å²) < 4.78 is 50.0. The third kappa shape index (κ3) is 4.97. The lowest BCUT2D eigenvalue weighted by Crippen LogP contribution is -2.27. The first-order valence-corrected chi connectivity index (χ1v) is 8.60. The zero-order valence-corrected chi connectivity index (χ0v) is 15.3. The minimum Gasteiger partial charge on any atom is -0.457 e.